The van der Waals surface area contributed by atoms with Crippen LogP contribution >= 0.6 is 0 Å². The standard InChI is InChI=1S/C12H20O2.CH4O/c1-10(2)11(14)5-8-12(9-13)6-3-4-7-12;1-2/h9-10H,3-8H2,1-2H3;2H,1H3. The topological polar surface area (TPSA) is 54.4 Å². The van der Waals surface area contributed by atoms with Crippen molar-refractivity contribution in [1.29, 1.82) is 0 Å². The quantitative estimate of drug-likeness (QED) is 0.735. The number of carbonyl (C=O) groups is 2. The maximum Gasteiger partial charge on any atom is 0.135 e. The second-order valence-corrected chi connectivity index (χ2v) is 4.81. The van der Waals surface area contributed by atoms with Crippen LogP contribution in [0.15, 0.2) is 0 Å². The van der Waals surface area contributed by atoms with Gasteiger partial charge < -0.3 is 9.90 Å². The van der Waals surface area contributed by atoms with Gasteiger partial charge in [0.2, 0.25) is 0 Å². The van der Waals surface area contributed by atoms with Crippen LogP contribution in [-0.2, 0) is 9.59 Å². The number of aldehydes is 1. The molecule has 1 rings (SSSR count). The van der Waals surface area contributed by atoms with E-state index in [-0.39, 0.29) is 17.1 Å². The first kappa shape index (κ1) is 15.3. The average molecular weight is 228 g/mol. The molecule has 0 heterocycles. The van der Waals surface area contributed by atoms with Crippen molar-refractivity contribution in [2.75, 3.05) is 7.11 Å². The van der Waals surface area contributed by atoms with Crippen LogP contribution in [0.2, 0.25) is 0 Å². The fourth-order valence-electron chi connectivity index (χ4n) is 2.17. The molecule has 0 aromatic heterocycles. The van der Waals surface area contributed by atoms with E-state index in [0.717, 1.165) is 45.5 Å². The highest BCUT2D eigenvalue weighted by molar-refractivity contribution is 5.80. The molecule has 1 N–H and O–H groups in total. The molecule has 0 saturated heterocycles. The summed E-state index contributed by atoms with van der Waals surface area (Å²) in [6, 6.07) is 0. The lowest BCUT2D eigenvalue weighted by Gasteiger charge is -2.21. The summed E-state index contributed by atoms with van der Waals surface area (Å²) >= 11 is 0. The lowest BCUT2D eigenvalue weighted by Crippen LogP contribution is -2.20. The molecule has 1 fully saturated rings. The van der Waals surface area contributed by atoms with Crippen LogP contribution in [0.3, 0.4) is 0 Å². The smallest absolute Gasteiger partial charge is 0.135 e. The Labute approximate surface area is 98.2 Å². The molecule has 94 valence electrons. The van der Waals surface area contributed by atoms with Crippen molar-refractivity contribution in [3.05, 3.63) is 0 Å². The Morgan fingerprint density at radius 3 is 2.19 bits per heavy atom. The van der Waals surface area contributed by atoms with Gasteiger partial charge in [-0.25, -0.2) is 0 Å². The van der Waals surface area contributed by atoms with Crippen molar-refractivity contribution in [1.82, 2.24) is 0 Å². The average Bonchev–Trinajstić information content (AvgIpc) is 2.78. The first-order valence-corrected chi connectivity index (χ1v) is 6.03. The van der Waals surface area contributed by atoms with Crippen molar-refractivity contribution in [3.8, 4) is 0 Å². The maximum absolute atomic E-state index is 11.4. The minimum atomic E-state index is -0.148. The first-order valence-electron chi connectivity index (χ1n) is 6.03. The largest absolute Gasteiger partial charge is 0.400 e. The Hall–Kier alpha value is -0.700. The van der Waals surface area contributed by atoms with Crippen molar-refractivity contribution >= 4 is 12.1 Å². The summed E-state index contributed by atoms with van der Waals surface area (Å²) in [6.07, 6.45) is 6.71. The van der Waals surface area contributed by atoms with Gasteiger partial charge in [-0.1, -0.05) is 26.7 Å². The van der Waals surface area contributed by atoms with Crippen LogP contribution in [0, 0.1) is 11.3 Å². The van der Waals surface area contributed by atoms with Gasteiger partial charge in [0.05, 0.1) is 0 Å². The highest BCUT2D eigenvalue weighted by atomic mass is 16.2. The number of aliphatic hydroxyl groups is 1. The fourth-order valence-corrected chi connectivity index (χ4v) is 2.17. The number of rotatable bonds is 5. The summed E-state index contributed by atoms with van der Waals surface area (Å²) in [5, 5.41) is 7.00. The van der Waals surface area contributed by atoms with Gasteiger partial charge in [0, 0.05) is 24.9 Å². The first-order chi connectivity index (χ1) is 7.59. The highest BCUT2D eigenvalue weighted by Crippen LogP contribution is 2.40. The summed E-state index contributed by atoms with van der Waals surface area (Å²) in [7, 11) is 1.00. The van der Waals surface area contributed by atoms with E-state index in [1.54, 1.807) is 0 Å². The molecule has 0 spiro atoms. The second-order valence-electron chi connectivity index (χ2n) is 4.81. The molecule has 0 radical (unpaired) electrons. The zero-order valence-electron chi connectivity index (χ0n) is 10.7. The molecule has 1 aliphatic carbocycles. The van der Waals surface area contributed by atoms with E-state index in [0.29, 0.717) is 6.42 Å². The Balaban J connectivity index is 0.00000106. The number of aliphatic hydroxyl groups excluding tert-OH is 1. The molecule has 0 unspecified atom stereocenters. The number of Topliss-reactive ketones (excluding diaryl/α,β-unsaturated/α-hetero) is 1. The van der Waals surface area contributed by atoms with Crippen LogP contribution in [-0.4, -0.2) is 24.3 Å². The molecule has 0 atom stereocenters. The predicted octanol–water partition coefficient (Wildman–Crippen LogP) is 2.36. The third-order valence-corrected chi connectivity index (χ3v) is 3.36. The molecule has 0 bridgehead atoms. The predicted molar refractivity (Wildman–Crippen MR) is 64.2 cm³/mol. The molecule has 3 heteroatoms. The Kier molecular flexibility index (Phi) is 7.22. The number of carbonyl (C=O) groups excluding carboxylic acids is 2. The summed E-state index contributed by atoms with van der Waals surface area (Å²) in [5.41, 5.74) is -0.148. The van der Waals surface area contributed by atoms with Gasteiger partial charge in [-0.2, -0.15) is 0 Å². The Bertz CT molecular complexity index is 215. The van der Waals surface area contributed by atoms with Gasteiger partial charge in [-0.05, 0) is 19.3 Å². The van der Waals surface area contributed by atoms with Crippen molar-refractivity contribution in [2.45, 2.75) is 52.4 Å². The van der Waals surface area contributed by atoms with E-state index < -0.39 is 0 Å². The fraction of sp³-hybridized carbons (Fsp3) is 0.846. The molecule has 0 aromatic carbocycles. The number of ketones is 1. The molecule has 16 heavy (non-hydrogen) atoms. The Morgan fingerprint density at radius 2 is 1.81 bits per heavy atom. The molecule has 0 aliphatic heterocycles. The molecule has 3 nitrogen and oxygen atoms in total. The van der Waals surface area contributed by atoms with E-state index in [1.807, 2.05) is 13.8 Å². The second kappa shape index (κ2) is 7.55. The van der Waals surface area contributed by atoms with Crippen LogP contribution in [0.25, 0.3) is 0 Å². The number of hydrogen-bond donors (Lipinski definition) is 1. The molecule has 0 aromatic rings. The minimum absolute atomic E-state index is 0.111. The van der Waals surface area contributed by atoms with Gasteiger partial charge in [-0.3, -0.25) is 4.79 Å². The van der Waals surface area contributed by atoms with Gasteiger partial charge >= 0.3 is 0 Å². The lowest BCUT2D eigenvalue weighted by molar-refractivity contribution is -0.123. The molecule has 1 saturated carbocycles. The van der Waals surface area contributed by atoms with Crippen LogP contribution in [0.4, 0.5) is 0 Å². The van der Waals surface area contributed by atoms with Gasteiger partial charge in [0.25, 0.3) is 0 Å². The van der Waals surface area contributed by atoms with Crippen molar-refractivity contribution in [3.63, 3.8) is 0 Å². The van der Waals surface area contributed by atoms with Crippen LogP contribution in [0.5, 0.6) is 0 Å². The van der Waals surface area contributed by atoms with Gasteiger partial charge in [-0.15, -0.1) is 0 Å². The van der Waals surface area contributed by atoms with E-state index in [4.69, 9.17) is 5.11 Å². The summed E-state index contributed by atoms with van der Waals surface area (Å²) in [6.45, 7) is 3.84. The van der Waals surface area contributed by atoms with Crippen LogP contribution in [0.1, 0.15) is 52.4 Å². The van der Waals surface area contributed by atoms with Crippen molar-refractivity contribution in [2.24, 2.45) is 11.3 Å². The monoisotopic (exact) mass is 228 g/mol. The van der Waals surface area contributed by atoms with E-state index in [1.165, 1.54) is 0 Å². The minimum Gasteiger partial charge on any atom is -0.400 e. The molecular formula is C13H24O3. The van der Waals surface area contributed by atoms with E-state index >= 15 is 0 Å². The van der Waals surface area contributed by atoms with Crippen LogP contribution < -0.4 is 0 Å². The molecule has 0 amide bonds. The van der Waals surface area contributed by atoms with Crippen molar-refractivity contribution < 1.29 is 14.7 Å². The molecule has 1 aliphatic rings. The highest BCUT2D eigenvalue weighted by Gasteiger charge is 2.33. The SMILES string of the molecule is CC(C)C(=O)CCC1(C=O)CCCC1.CO. The maximum atomic E-state index is 11.4. The summed E-state index contributed by atoms with van der Waals surface area (Å²) < 4.78 is 0. The Morgan fingerprint density at radius 1 is 1.31 bits per heavy atom. The number of hydrogen-bond acceptors (Lipinski definition) is 3. The summed E-state index contributed by atoms with van der Waals surface area (Å²) in [4.78, 5) is 22.4. The van der Waals surface area contributed by atoms with E-state index in [9.17, 15) is 9.59 Å². The third kappa shape index (κ3) is 4.44. The summed E-state index contributed by atoms with van der Waals surface area (Å²) in [5.74, 6) is 0.401. The third-order valence-electron chi connectivity index (χ3n) is 3.36. The normalized spacial score (nSPS) is 17.8. The molecular weight excluding hydrogens is 204 g/mol. The van der Waals surface area contributed by atoms with Gasteiger partial charge in [0.15, 0.2) is 0 Å². The zero-order valence-corrected chi connectivity index (χ0v) is 10.7. The zero-order chi connectivity index (χ0) is 12.6. The van der Waals surface area contributed by atoms with Gasteiger partial charge in [0.1, 0.15) is 12.1 Å². The lowest BCUT2D eigenvalue weighted by atomic mass is 9.82. The van der Waals surface area contributed by atoms with E-state index in [2.05, 4.69) is 0 Å².